The number of aliphatic hydroxyl groups excluding tert-OH is 1. The summed E-state index contributed by atoms with van der Waals surface area (Å²) in [7, 11) is 0. The van der Waals surface area contributed by atoms with Gasteiger partial charge in [-0.2, -0.15) is 0 Å². The summed E-state index contributed by atoms with van der Waals surface area (Å²) in [4.78, 5) is 24.5. The normalized spacial score (nSPS) is 13.7. The summed E-state index contributed by atoms with van der Waals surface area (Å²) >= 11 is 0. The van der Waals surface area contributed by atoms with Gasteiger partial charge in [0.15, 0.2) is 6.10 Å². The first-order valence-corrected chi connectivity index (χ1v) is 30.0. The summed E-state index contributed by atoms with van der Waals surface area (Å²) in [5.41, 5.74) is 0. The third-order valence-corrected chi connectivity index (χ3v) is 11.9. The van der Waals surface area contributed by atoms with Gasteiger partial charge in [-0.1, -0.05) is 260 Å². The van der Waals surface area contributed by atoms with E-state index in [1.807, 2.05) is 0 Å². The SMILES string of the molecule is CC/C=C\C/C=C\C/C=C\C/C=C\C/C=C\C/C=C\C/C=C\C/C=C\C/C=C\C/C=C\C/C=C\C/C=C\CCCCCCC(=O)OC(CO)COC(=O)CCCCCCCCCC/C=C\C/C=C\C/C=C\C/C=C\CC. The maximum atomic E-state index is 12.3. The van der Waals surface area contributed by atoms with Crippen molar-refractivity contribution in [1.82, 2.24) is 0 Å². The largest absolute Gasteiger partial charge is 0.462 e. The number of hydrogen-bond donors (Lipinski definition) is 1. The van der Waals surface area contributed by atoms with E-state index >= 15 is 0 Å². The van der Waals surface area contributed by atoms with Gasteiger partial charge < -0.3 is 14.6 Å². The van der Waals surface area contributed by atoms with Gasteiger partial charge in [0.05, 0.1) is 6.61 Å². The van der Waals surface area contributed by atoms with Gasteiger partial charge in [-0.3, -0.25) is 9.59 Å². The van der Waals surface area contributed by atoms with Gasteiger partial charge in [0.1, 0.15) is 6.61 Å². The molecule has 0 spiro atoms. The number of allylic oxidation sites excluding steroid dienone is 32. The van der Waals surface area contributed by atoms with Gasteiger partial charge in [-0.15, -0.1) is 0 Å². The minimum Gasteiger partial charge on any atom is -0.462 e. The molecule has 0 saturated heterocycles. The van der Waals surface area contributed by atoms with Gasteiger partial charge in [-0.05, 0) is 141 Å². The number of ether oxygens (including phenoxy) is 2. The Bertz CT molecular complexity index is 1800. The first-order valence-electron chi connectivity index (χ1n) is 30.0. The molecule has 1 atom stereocenters. The Balaban J connectivity index is 3.69. The van der Waals surface area contributed by atoms with Crippen LogP contribution in [0.5, 0.6) is 0 Å². The van der Waals surface area contributed by atoms with E-state index in [1.54, 1.807) is 0 Å². The number of rotatable bonds is 52. The Kier molecular flexibility index (Phi) is 59.6. The second-order valence-electron chi connectivity index (χ2n) is 19.0. The lowest BCUT2D eigenvalue weighted by Crippen LogP contribution is -2.28. The van der Waals surface area contributed by atoms with Crippen molar-refractivity contribution in [2.45, 2.75) is 225 Å². The first kappa shape index (κ1) is 70.7. The Morgan fingerprint density at radius 3 is 0.789 bits per heavy atom. The van der Waals surface area contributed by atoms with Crippen LogP contribution in [0.25, 0.3) is 0 Å². The fraction of sp³-hybridized carbons (Fsp3) is 0.521. The molecule has 0 amide bonds. The van der Waals surface area contributed by atoms with Gasteiger partial charge in [0.2, 0.25) is 0 Å². The molecule has 0 aliphatic rings. The lowest BCUT2D eigenvalue weighted by atomic mass is 10.1. The van der Waals surface area contributed by atoms with Crippen molar-refractivity contribution in [1.29, 1.82) is 0 Å². The van der Waals surface area contributed by atoms with E-state index in [0.717, 1.165) is 161 Å². The van der Waals surface area contributed by atoms with E-state index in [4.69, 9.17) is 9.47 Å². The topological polar surface area (TPSA) is 72.8 Å². The molecule has 0 aromatic rings. The average Bonchev–Trinajstić information content (AvgIpc) is 3.42. The zero-order valence-electron chi connectivity index (χ0n) is 48.2. The average molecular weight is 1040 g/mol. The van der Waals surface area contributed by atoms with Gasteiger partial charge in [0, 0.05) is 12.8 Å². The second kappa shape index (κ2) is 64.0. The van der Waals surface area contributed by atoms with Crippen molar-refractivity contribution in [3.63, 3.8) is 0 Å². The molecule has 0 aliphatic heterocycles. The van der Waals surface area contributed by atoms with Gasteiger partial charge >= 0.3 is 11.9 Å². The molecule has 0 aliphatic carbocycles. The molecule has 5 nitrogen and oxygen atoms in total. The van der Waals surface area contributed by atoms with Crippen LogP contribution in [0.15, 0.2) is 194 Å². The van der Waals surface area contributed by atoms with Gasteiger partial charge in [-0.25, -0.2) is 0 Å². The fourth-order valence-corrected chi connectivity index (χ4v) is 7.47. The molecule has 0 saturated carbocycles. The Morgan fingerprint density at radius 2 is 0.526 bits per heavy atom. The highest BCUT2D eigenvalue weighted by Crippen LogP contribution is 2.13. The smallest absolute Gasteiger partial charge is 0.306 e. The van der Waals surface area contributed by atoms with Crippen molar-refractivity contribution in [2.24, 2.45) is 0 Å². The quantitative estimate of drug-likeness (QED) is 0.0373. The molecule has 0 aromatic heterocycles. The molecule has 0 fully saturated rings. The maximum Gasteiger partial charge on any atom is 0.306 e. The minimum atomic E-state index is -0.805. The van der Waals surface area contributed by atoms with Crippen LogP contribution in [-0.4, -0.2) is 36.4 Å². The van der Waals surface area contributed by atoms with Crippen molar-refractivity contribution in [2.75, 3.05) is 13.2 Å². The molecule has 1 N–H and O–H groups in total. The van der Waals surface area contributed by atoms with E-state index in [2.05, 4.69) is 208 Å². The van der Waals surface area contributed by atoms with Crippen LogP contribution in [0.1, 0.15) is 219 Å². The lowest BCUT2D eigenvalue weighted by molar-refractivity contribution is -0.161. The summed E-state index contributed by atoms with van der Waals surface area (Å²) in [5.74, 6) is -0.644. The number of aliphatic hydroxyl groups is 1. The Morgan fingerprint density at radius 1 is 0.303 bits per heavy atom. The zero-order chi connectivity index (χ0) is 54.8. The van der Waals surface area contributed by atoms with Crippen molar-refractivity contribution in [3.8, 4) is 0 Å². The summed E-state index contributed by atoms with van der Waals surface area (Å²) in [5, 5.41) is 9.66. The molecular weight excluding hydrogens is 933 g/mol. The highest BCUT2D eigenvalue weighted by molar-refractivity contribution is 5.70. The van der Waals surface area contributed by atoms with E-state index in [0.29, 0.717) is 12.8 Å². The van der Waals surface area contributed by atoms with Crippen molar-refractivity contribution in [3.05, 3.63) is 194 Å². The summed E-state index contributed by atoms with van der Waals surface area (Å²) < 4.78 is 10.7. The second-order valence-corrected chi connectivity index (χ2v) is 19.0. The van der Waals surface area contributed by atoms with Crippen LogP contribution in [-0.2, 0) is 19.1 Å². The van der Waals surface area contributed by atoms with E-state index in [1.165, 1.54) is 32.1 Å². The summed E-state index contributed by atoms with van der Waals surface area (Å²) in [6, 6.07) is 0. The van der Waals surface area contributed by atoms with E-state index in [-0.39, 0.29) is 25.2 Å². The fourth-order valence-electron chi connectivity index (χ4n) is 7.47. The van der Waals surface area contributed by atoms with Crippen molar-refractivity contribution >= 4 is 11.9 Å². The van der Waals surface area contributed by atoms with E-state index < -0.39 is 6.10 Å². The van der Waals surface area contributed by atoms with Crippen LogP contribution in [0.4, 0.5) is 0 Å². The van der Waals surface area contributed by atoms with Crippen LogP contribution in [0.2, 0.25) is 0 Å². The number of hydrogen-bond acceptors (Lipinski definition) is 5. The highest BCUT2D eigenvalue weighted by atomic mass is 16.6. The molecule has 76 heavy (non-hydrogen) atoms. The van der Waals surface area contributed by atoms with Crippen LogP contribution in [0.3, 0.4) is 0 Å². The van der Waals surface area contributed by atoms with Crippen LogP contribution >= 0.6 is 0 Å². The summed E-state index contributed by atoms with van der Waals surface area (Å²) in [6.07, 6.45) is 103. The number of carbonyl (C=O) groups excluding carboxylic acids is 2. The highest BCUT2D eigenvalue weighted by Gasteiger charge is 2.16. The van der Waals surface area contributed by atoms with Gasteiger partial charge in [0.25, 0.3) is 0 Å². The third kappa shape index (κ3) is 61.3. The molecule has 422 valence electrons. The van der Waals surface area contributed by atoms with Crippen molar-refractivity contribution < 1.29 is 24.2 Å². The monoisotopic (exact) mass is 1040 g/mol. The molecule has 0 rings (SSSR count). The molecule has 0 heterocycles. The Labute approximate surface area is 467 Å². The molecular formula is C71H108O5. The minimum absolute atomic E-state index is 0.0936. The number of esters is 2. The maximum absolute atomic E-state index is 12.3. The van der Waals surface area contributed by atoms with Crippen LogP contribution < -0.4 is 0 Å². The first-order chi connectivity index (χ1) is 37.6. The lowest BCUT2D eigenvalue weighted by Gasteiger charge is -2.15. The predicted octanol–water partition coefficient (Wildman–Crippen LogP) is 20.9. The summed E-state index contributed by atoms with van der Waals surface area (Å²) in [6.45, 7) is 3.87. The number of carbonyl (C=O) groups is 2. The van der Waals surface area contributed by atoms with E-state index in [9.17, 15) is 14.7 Å². The zero-order valence-corrected chi connectivity index (χ0v) is 48.2. The molecule has 0 bridgehead atoms. The standard InChI is InChI=1S/C71H108O5/c1-3-5-7-9-11-13-15-17-19-21-23-25-26-27-28-29-30-31-32-33-34-35-36-37-38-39-40-41-42-43-44-46-48-50-52-54-56-58-60-62-64-66-71(74)76-69(67-72)68-75-70(73)65-63-61-59-57-55-53-51-49-47-45-24-22-20-18-16-14-12-10-8-6-4-2/h5-8,11-14,17-20,23-25,27-28,30-31,33-34,36-37,39-40,42-43,45-46,48,52,54,69,72H,3-4,9-10,15-16,21-22,26,29,32,35,38,41,44,47,49-51,53,55-68H2,1-2H3/b7-5-,8-6-,13-11-,14-12-,19-17-,20-18-,25-23-,28-27-,31-30-,34-33-,37-36-,40-39-,43-42-,45-24-,48-46-,54-52-. The molecule has 5 heteroatoms. The third-order valence-electron chi connectivity index (χ3n) is 11.9. The predicted molar refractivity (Wildman–Crippen MR) is 333 cm³/mol. The number of unbranched alkanes of at least 4 members (excludes halogenated alkanes) is 12. The molecule has 0 radical (unpaired) electrons. The molecule has 1 unspecified atom stereocenters. The van der Waals surface area contributed by atoms with Crippen LogP contribution in [0, 0.1) is 0 Å². The Hall–Kier alpha value is -5.26. The molecule has 0 aromatic carbocycles.